The summed E-state index contributed by atoms with van der Waals surface area (Å²) in [5.41, 5.74) is 6.40. The zero-order valence-corrected chi connectivity index (χ0v) is 23.9. The first-order valence-electron chi connectivity index (χ1n) is 13.4. The SMILES string of the molecule is Cc1cc([C@@H](C)Oc2ccc(Cl)nc2C(=O)NOCC2CC2)c2oc(-c3ccc4nn(C)cc4c3)c(C)c(=O)c2c1. The first-order valence-corrected chi connectivity index (χ1v) is 13.8. The number of carbonyl (C=O) groups excluding carboxylic acids is 1. The molecule has 1 fully saturated rings. The number of aromatic nitrogens is 3. The predicted molar refractivity (Wildman–Crippen MR) is 156 cm³/mol. The highest BCUT2D eigenvalue weighted by Gasteiger charge is 2.25. The van der Waals surface area contributed by atoms with E-state index in [1.165, 1.54) is 0 Å². The van der Waals surface area contributed by atoms with Crippen LogP contribution in [-0.4, -0.2) is 27.3 Å². The second kappa shape index (κ2) is 10.6. The first kappa shape index (κ1) is 27.0. The lowest BCUT2D eigenvalue weighted by atomic mass is 9.99. The van der Waals surface area contributed by atoms with Crippen LogP contribution < -0.4 is 15.6 Å². The molecule has 1 aliphatic rings. The molecule has 1 amide bonds. The molecule has 0 unspecified atom stereocenters. The monoisotopic (exact) mass is 572 g/mol. The van der Waals surface area contributed by atoms with Gasteiger partial charge in [-0.25, -0.2) is 10.5 Å². The van der Waals surface area contributed by atoms with Gasteiger partial charge in [0.05, 0.1) is 17.5 Å². The van der Waals surface area contributed by atoms with Crippen molar-refractivity contribution in [1.82, 2.24) is 20.2 Å². The summed E-state index contributed by atoms with van der Waals surface area (Å²) < 4.78 is 14.5. The summed E-state index contributed by atoms with van der Waals surface area (Å²) in [7, 11) is 1.86. The molecule has 3 aromatic heterocycles. The third-order valence-electron chi connectivity index (χ3n) is 7.23. The van der Waals surface area contributed by atoms with Crippen molar-refractivity contribution < 1.29 is 18.8 Å². The smallest absolute Gasteiger partial charge is 0.297 e. The molecule has 3 heterocycles. The number of nitrogens with zero attached hydrogens (tertiary/aromatic N) is 3. The molecule has 2 aromatic carbocycles. The van der Waals surface area contributed by atoms with Gasteiger partial charge in [0.2, 0.25) is 0 Å². The molecule has 0 aliphatic heterocycles. The molecule has 41 heavy (non-hydrogen) atoms. The van der Waals surface area contributed by atoms with E-state index in [1.54, 1.807) is 23.7 Å². The third-order valence-corrected chi connectivity index (χ3v) is 7.45. The number of amides is 1. The van der Waals surface area contributed by atoms with E-state index in [9.17, 15) is 9.59 Å². The zero-order valence-electron chi connectivity index (χ0n) is 23.2. The van der Waals surface area contributed by atoms with Crippen LogP contribution in [0.3, 0.4) is 0 Å². The number of hydroxylamine groups is 1. The van der Waals surface area contributed by atoms with Gasteiger partial charge in [-0.05, 0) is 87.6 Å². The van der Waals surface area contributed by atoms with Crippen molar-refractivity contribution in [3.8, 4) is 17.1 Å². The van der Waals surface area contributed by atoms with Crippen LogP contribution in [0.5, 0.6) is 5.75 Å². The molecule has 210 valence electrons. The molecule has 1 atom stereocenters. The van der Waals surface area contributed by atoms with Crippen molar-refractivity contribution in [2.45, 2.75) is 39.7 Å². The topological polar surface area (TPSA) is 108 Å². The van der Waals surface area contributed by atoms with Crippen molar-refractivity contribution >= 4 is 39.4 Å². The maximum absolute atomic E-state index is 13.6. The number of hydrogen-bond donors (Lipinski definition) is 1. The summed E-state index contributed by atoms with van der Waals surface area (Å²) in [6, 6.07) is 12.6. The molecule has 1 aliphatic carbocycles. The third kappa shape index (κ3) is 5.42. The molecule has 1 N–H and O–H groups in total. The lowest BCUT2D eigenvalue weighted by Gasteiger charge is -2.19. The Labute approximate surface area is 241 Å². The Morgan fingerprint density at radius 2 is 2.00 bits per heavy atom. The van der Waals surface area contributed by atoms with E-state index < -0.39 is 12.0 Å². The second-order valence-electron chi connectivity index (χ2n) is 10.6. The molecule has 6 rings (SSSR count). The molecule has 5 aromatic rings. The Kier molecular flexibility index (Phi) is 7.01. The fourth-order valence-electron chi connectivity index (χ4n) is 4.93. The number of hydrogen-bond acceptors (Lipinski definition) is 7. The highest BCUT2D eigenvalue weighted by atomic mass is 35.5. The van der Waals surface area contributed by atoms with Crippen LogP contribution >= 0.6 is 11.6 Å². The quantitative estimate of drug-likeness (QED) is 0.173. The van der Waals surface area contributed by atoms with Crippen LogP contribution in [0.25, 0.3) is 33.2 Å². The number of halogens is 1. The number of carbonyl (C=O) groups is 1. The molecular weight excluding hydrogens is 544 g/mol. The highest BCUT2D eigenvalue weighted by Crippen LogP contribution is 2.34. The fraction of sp³-hybridized carbons (Fsp3) is 0.290. The van der Waals surface area contributed by atoms with Crippen LogP contribution in [0.2, 0.25) is 5.15 Å². The minimum Gasteiger partial charge on any atom is -0.483 e. The summed E-state index contributed by atoms with van der Waals surface area (Å²) in [5, 5.41) is 5.98. The first-order chi connectivity index (χ1) is 19.7. The van der Waals surface area contributed by atoms with Crippen LogP contribution in [0, 0.1) is 19.8 Å². The van der Waals surface area contributed by atoms with Gasteiger partial charge < -0.3 is 9.15 Å². The van der Waals surface area contributed by atoms with Gasteiger partial charge in [0.1, 0.15) is 22.6 Å². The van der Waals surface area contributed by atoms with E-state index in [1.807, 2.05) is 57.4 Å². The molecule has 0 saturated heterocycles. The van der Waals surface area contributed by atoms with Gasteiger partial charge in [0.15, 0.2) is 16.9 Å². The second-order valence-corrected chi connectivity index (χ2v) is 11.0. The lowest BCUT2D eigenvalue weighted by molar-refractivity contribution is 0.0262. The van der Waals surface area contributed by atoms with E-state index >= 15 is 0 Å². The van der Waals surface area contributed by atoms with Crippen molar-refractivity contribution in [3.05, 3.63) is 86.4 Å². The average Bonchev–Trinajstić information content (AvgIpc) is 3.69. The van der Waals surface area contributed by atoms with Gasteiger partial charge in [-0.3, -0.25) is 19.1 Å². The van der Waals surface area contributed by atoms with Crippen molar-refractivity contribution in [2.75, 3.05) is 6.61 Å². The van der Waals surface area contributed by atoms with E-state index in [2.05, 4.69) is 15.6 Å². The number of nitrogens with one attached hydrogen (secondary N) is 1. The lowest BCUT2D eigenvalue weighted by Crippen LogP contribution is -2.26. The molecule has 1 saturated carbocycles. The van der Waals surface area contributed by atoms with E-state index in [4.69, 9.17) is 25.6 Å². The minimum absolute atomic E-state index is 0.000125. The van der Waals surface area contributed by atoms with E-state index in [-0.39, 0.29) is 22.0 Å². The van der Waals surface area contributed by atoms with Gasteiger partial charge in [-0.15, -0.1) is 0 Å². The Bertz CT molecular complexity index is 1870. The summed E-state index contributed by atoms with van der Waals surface area (Å²) >= 11 is 6.11. The van der Waals surface area contributed by atoms with Crippen LogP contribution in [0.15, 0.2) is 57.9 Å². The Hall–Kier alpha value is -4.21. The van der Waals surface area contributed by atoms with Crippen LogP contribution in [-0.2, 0) is 11.9 Å². The summed E-state index contributed by atoms with van der Waals surface area (Å²) in [6.07, 6.45) is 3.50. The van der Waals surface area contributed by atoms with Gasteiger partial charge in [-0.1, -0.05) is 11.6 Å². The normalized spacial score (nSPS) is 14.0. The Morgan fingerprint density at radius 1 is 1.20 bits per heavy atom. The molecule has 0 spiro atoms. The summed E-state index contributed by atoms with van der Waals surface area (Å²) in [4.78, 5) is 36.0. The predicted octanol–water partition coefficient (Wildman–Crippen LogP) is 6.22. The molecule has 9 nitrogen and oxygen atoms in total. The van der Waals surface area contributed by atoms with Crippen LogP contribution in [0.1, 0.15) is 53.0 Å². The number of rotatable bonds is 8. The number of benzene rings is 2. The fourth-order valence-corrected chi connectivity index (χ4v) is 5.07. The number of pyridine rings is 1. The number of fused-ring (bicyclic) bond motifs is 2. The molecule has 0 bridgehead atoms. The molecule has 0 radical (unpaired) electrons. The van der Waals surface area contributed by atoms with Gasteiger partial charge in [0, 0.05) is 35.3 Å². The maximum atomic E-state index is 13.6. The number of aryl methyl sites for hydroxylation is 2. The van der Waals surface area contributed by atoms with E-state index in [0.717, 1.165) is 34.9 Å². The Morgan fingerprint density at radius 3 is 2.78 bits per heavy atom. The van der Waals surface area contributed by atoms with Crippen molar-refractivity contribution in [3.63, 3.8) is 0 Å². The summed E-state index contributed by atoms with van der Waals surface area (Å²) in [6.45, 7) is 5.96. The van der Waals surface area contributed by atoms with Gasteiger partial charge in [-0.2, -0.15) is 5.10 Å². The molecular formula is C31H29ClN4O5. The largest absolute Gasteiger partial charge is 0.483 e. The van der Waals surface area contributed by atoms with Gasteiger partial charge in [0.25, 0.3) is 5.91 Å². The zero-order chi connectivity index (χ0) is 28.8. The van der Waals surface area contributed by atoms with Crippen molar-refractivity contribution in [1.29, 1.82) is 0 Å². The van der Waals surface area contributed by atoms with Gasteiger partial charge >= 0.3 is 0 Å². The summed E-state index contributed by atoms with van der Waals surface area (Å²) in [5.74, 6) is 0.620. The van der Waals surface area contributed by atoms with Crippen LogP contribution in [0.4, 0.5) is 0 Å². The number of ether oxygens (including phenoxy) is 1. The minimum atomic E-state index is -0.612. The highest BCUT2D eigenvalue weighted by molar-refractivity contribution is 6.29. The van der Waals surface area contributed by atoms with E-state index in [0.29, 0.717) is 40.4 Å². The maximum Gasteiger partial charge on any atom is 0.297 e. The standard InChI is InChI=1S/C31H29ClN4O5/c1-16-11-22(18(3)40-25-9-10-26(32)33-27(25)31(38)35-39-15-19-5-6-19)30-23(12-16)28(37)17(2)29(41-30)20-7-8-24-21(13-20)14-36(4)34-24/h7-14,18-19H,5-6,15H2,1-4H3,(H,35,38)/t18-/m1/s1. The molecule has 10 heteroatoms. The Balaban J connectivity index is 1.38. The van der Waals surface area contributed by atoms with Crippen molar-refractivity contribution in [2.24, 2.45) is 13.0 Å². The average molecular weight is 573 g/mol.